The number of allylic oxidation sites excluding steroid dienone is 3. The number of hydrogen-bond donors (Lipinski definition) is 3. The molecule has 0 saturated heterocycles. The van der Waals surface area contributed by atoms with Crippen LogP contribution in [0.1, 0.15) is 303 Å². The molecule has 3 N–H and O–H groups in total. The quantitative estimate of drug-likeness (QED) is 0.0422. The molecule has 0 fully saturated rings. The molecule has 2 unspecified atom stereocenters. The van der Waals surface area contributed by atoms with Crippen molar-refractivity contribution < 1.29 is 15.0 Å². The molecule has 0 rings (SSSR count). The van der Waals surface area contributed by atoms with Crippen molar-refractivity contribution >= 4 is 5.91 Å². The van der Waals surface area contributed by atoms with Crippen molar-refractivity contribution in [1.82, 2.24) is 5.32 Å². The zero-order valence-corrected chi connectivity index (χ0v) is 40.3. The summed E-state index contributed by atoms with van der Waals surface area (Å²) in [5, 5.41) is 23.1. The first-order valence-corrected chi connectivity index (χ1v) is 27.1. The molecule has 0 radical (unpaired) electrons. The zero-order chi connectivity index (χ0) is 42.8. The fourth-order valence-corrected chi connectivity index (χ4v) is 8.55. The number of hydrogen-bond acceptors (Lipinski definition) is 3. The van der Waals surface area contributed by atoms with Gasteiger partial charge in [0.25, 0.3) is 0 Å². The van der Waals surface area contributed by atoms with Crippen LogP contribution >= 0.6 is 0 Å². The van der Waals surface area contributed by atoms with Crippen LogP contribution < -0.4 is 5.32 Å². The molecule has 0 aromatic rings. The average Bonchev–Trinajstić information content (AvgIpc) is 3.24. The van der Waals surface area contributed by atoms with E-state index in [1.54, 1.807) is 6.08 Å². The molecule has 59 heavy (non-hydrogen) atoms. The van der Waals surface area contributed by atoms with E-state index in [-0.39, 0.29) is 12.5 Å². The molecule has 1 amide bonds. The number of aliphatic hydroxyl groups excluding tert-OH is 2. The standard InChI is InChI=1S/C55H107NO3/c1-3-5-7-9-11-13-15-17-19-21-23-24-25-26-27-28-29-30-31-32-33-35-37-39-41-43-45-47-49-51-55(59)56-53(52-57)54(58)50-48-46-44-42-40-38-36-34-22-20-18-16-14-12-10-8-6-4-2/h40,42,48,50,53-54,57-58H,3-39,41,43-47,49,51-52H2,1-2H3,(H,56,59)/b42-40+,50-48+. The van der Waals surface area contributed by atoms with Gasteiger partial charge in [-0.25, -0.2) is 0 Å². The first kappa shape index (κ1) is 57.9. The van der Waals surface area contributed by atoms with Gasteiger partial charge >= 0.3 is 0 Å². The van der Waals surface area contributed by atoms with Crippen LogP contribution in [0.5, 0.6) is 0 Å². The molecule has 0 aliphatic rings. The molecule has 0 aromatic heterocycles. The molecule has 0 aliphatic heterocycles. The minimum absolute atomic E-state index is 0.0674. The van der Waals surface area contributed by atoms with Crippen LogP contribution in [0.25, 0.3) is 0 Å². The molecule has 0 spiro atoms. The van der Waals surface area contributed by atoms with Gasteiger partial charge in [-0.05, 0) is 32.1 Å². The van der Waals surface area contributed by atoms with Gasteiger partial charge in [-0.2, -0.15) is 0 Å². The highest BCUT2D eigenvalue weighted by atomic mass is 16.3. The van der Waals surface area contributed by atoms with Gasteiger partial charge in [0.05, 0.1) is 18.8 Å². The van der Waals surface area contributed by atoms with Crippen molar-refractivity contribution in [3.8, 4) is 0 Å². The Morgan fingerprint density at radius 3 is 0.983 bits per heavy atom. The first-order valence-electron chi connectivity index (χ1n) is 27.1. The molecule has 0 aliphatic carbocycles. The van der Waals surface area contributed by atoms with E-state index in [9.17, 15) is 15.0 Å². The lowest BCUT2D eigenvalue weighted by Crippen LogP contribution is -2.45. The van der Waals surface area contributed by atoms with E-state index in [1.807, 2.05) is 6.08 Å². The van der Waals surface area contributed by atoms with Gasteiger partial charge in [0.2, 0.25) is 5.91 Å². The summed E-state index contributed by atoms with van der Waals surface area (Å²) in [7, 11) is 0. The third-order valence-corrected chi connectivity index (χ3v) is 12.7. The number of rotatable bonds is 50. The van der Waals surface area contributed by atoms with E-state index in [2.05, 4.69) is 31.3 Å². The lowest BCUT2D eigenvalue weighted by Gasteiger charge is -2.19. The number of aliphatic hydroxyl groups is 2. The van der Waals surface area contributed by atoms with Crippen molar-refractivity contribution in [3.05, 3.63) is 24.3 Å². The molecule has 0 aromatic carbocycles. The van der Waals surface area contributed by atoms with Crippen LogP contribution in [0, 0.1) is 0 Å². The van der Waals surface area contributed by atoms with Gasteiger partial charge in [-0.15, -0.1) is 0 Å². The lowest BCUT2D eigenvalue weighted by molar-refractivity contribution is -0.123. The largest absolute Gasteiger partial charge is 0.394 e. The number of unbranched alkanes of at least 4 members (excludes halogenated alkanes) is 41. The number of nitrogens with one attached hydrogen (secondary N) is 1. The number of amides is 1. The molecule has 0 bridgehead atoms. The number of carbonyl (C=O) groups excluding carboxylic acids is 1. The number of carbonyl (C=O) groups is 1. The first-order chi connectivity index (χ1) is 29.2. The summed E-state index contributed by atoms with van der Waals surface area (Å²) in [6.07, 6.45) is 67.7. The van der Waals surface area contributed by atoms with E-state index >= 15 is 0 Å². The van der Waals surface area contributed by atoms with Crippen molar-refractivity contribution in [2.24, 2.45) is 0 Å². The summed E-state index contributed by atoms with van der Waals surface area (Å²) in [6, 6.07) is -0.635. The van der Waals surface area contributed by atoms with Gasteiger partial charge in [-0.1, -0.05) is 289 Å². The predicted octanol–water partition coefficient (Wildman–Crippen LogP) is 17.5. The van der Waals surface area contributed by atoms with Crippen LogP contribution in [0.2, 0.25) is 0 Å². The monoisotopic (exact) mass is 830 g/mol. The third-order valence-electron chi connectivity index (χ3n) is 12.7. The van der Waals surface area contributed by atoms with E-state index in [4.69, 9.17) is 0 Å². The molecule has 0 heterocycles. The van der Waals surface area contributed by atoms with E-state index in [0.717, 1.165) is 32.1 Å². The smallest absolute Gasteiger partial charge is 0.220 e. The van der Waals surface area contributed by atoms with Gasteiger partial charge < -0.3 is 15.5 Å². The highest BCUT2D eigenvalue weighted by molar-refractivity contribution is 5.76. The van der Waals surface area contributed by atoms with Crippen LogP contribution in [-0.4, -0.2) is 34.9 Å². The summed E-state index contributed by atoms with van der Waals surface area (Å²) in [4.78, 5) is 12.4. The highest BCUT2D eigenvalue weighted by Gasteiger charge is 2.18. The molecule has 4 heteroatoms. The Morgan fingerprint density at radius 1 is 0.390 bits per heavy atom. The van der Waals surface area contributed by atoms with Crippen molar-refractivity contribution in [2.45, 2.75) is 315 Å². The maximum absolute atomic E-state index is 12.4. The van der Waals surface area contributed by atoms with Crippen LogP contribution in [0.15, 0.2) is 24.3 Å². The summed E-state index contributed by atoms with van der Waals surface area (Å²) < 4.78 is 0. The Kier molecular flexibility index (Phi) is 50.2. The Labute approximate surface area is 370 Å². The third kappa shape index (κ3) is 47.8. The van der Waals surface area contributed by atoms with E-state index in [1.165, 1.54) is 250 Å². The van der Waals surface area contributed by atoms with Gasteiger partial charge in [-0.3, -0.25) is 4.79 Å². The average molecular weight is 830 g/mol. The SMILES string of the molecule is CCCCCCCCCCCCCC/C=C/CC/C=C/C(O)C(CO)NC(=O)CCCCCCCCCCCCCCCCCCCCCCCCCCCCCCC. The van der Waals surface area contributed by atoms with Crippen LogP contribution in [-0.2, 0) is 4.79 Å². The van der Waals surface area contributed by atoms with Gasteiger partial charge in [0.15, 0.2) is 0 Å². The van der Waals surface area contributed by atoms with Crippen LogP contribution in [0.4, 0.5) is 0 Å². The molecule has 350 valence electrons. The Bertz CT molecular complexity index is 855. The molecular weight excluding hydrogens is 723 g/mol. The van der Waals surface area contributed by atoms with Crippen molar-refractivity contribution in [1.29, 1.82) is 0 Å². The maximum atomic E-state index is 12.4. The lowest BCUT2D eigenvalue weighted by atomic mass is 10.0. The fraction of sp³-hybridized carbons (Fsp3) is 0.909. The maximum Gasteiger partial charge on any atom is 0.220 e. The second kappa shape index (κ2) is 51.2. The van der Waals surface area contributed by atoms with Crippen molar-refractivity contribution in [2.75, 3.05) is 6.61 Å². The Morgan fingerprint density at radius 2 is 0.661 bits per heavy atom. The minimum Gasteiger partial charge on any atom is -0.394 e. The Balaban J connectivity index is 3.46. The Hall–Kier alpha value is -1.13. The van der Waals surface area contributed by atoms with Gasteiger partial charge in [0.1, 0.15) is 0 Å². The normalized spacial score (nSPS) is 12.9. The minimum atomic E-state index is -0.859. The second-order valence-corrected chi connectivity index (χ2v) is 18.7. The molecular formula is C55H107NO3. The predicted molar refractivity (Wildman–Crippen MR) is 262 cm³/mol. The van der Waals surface area contributed by atoms with Crippen LogP contribution in [0.3, 0.4) is 0 Å². The molecule has 2 atom stereocenters. The topological polar surface area (TPSA) is 69.6 Å². The second-order valence-electron chi connectivity index (χ2n) is 18.7. The summed E-state index contributed by atoms with van der Waals surface area (Å²) in [6.45, 7) is 4.33. The fourth-order valence-electron chi connectivity index (χ4n) is 8.55. The molecule has 0 saturated carbocycles. The van der Waals surface area contributed by atoms with Crippen molar-refractivity contribution in [3.63, 3.8) is 0 Å². The zero-order valence-electron chi connectivity index (χ0n) is 40.3. The summed E-state index contributed by atoms with van der Waals surface area (Å²) >= 11 is 0. The van der Waals surface area contributed by atoms with Gasteiger partial charge in [0, 0.05) is 6.42 Å². The molecule has 4 nitrogen and oxygen atoms in total. The summed E-state index contributed by atoms with van der Waals surface area (Å²) in [5.41, 5.74) is 0. The van der Waals surface area contributed by atoms with E-state index in [0.29, 0.717) is 6.42 Å². The van der Waals surface area contributed by atoms with E-state index < -0.39 is 12.1 Å². The highest BCUT2D eigenvalue weighted by Crippen LogP contribution is 2.17. The summed E-state index contributed by atoms with van der Waals surface area (Å²) in [5.74, 6) is -0.0674.